The topological polar surface area (TPSA) is 95.1 Å². The first kappa shape index (κ1) is 27.0. The zero-order valence-electron chi connectivity index (χ0n) is 20.8. The van der Waals surface area contributed by atoms with Crippen LogP contribution in [0, 0.1) is 0 Å². The monoisotopic (exact) mass is 472 g/mol. The smallest absolute Gasteiger partial charge is 0.408 e. The van der Waals surface area contributed by atoms with Crippen molar-refractivity contribution in [3.05, 3.63) is 59.7 Å². The zero-order valence-corrected chi connectivity index (χ0v) is 20.8. The summed E-state index contributed by atoms with van der Waals surface area (Å²) >= 11 is 0. The van der Waals surface area contributed by atoms with Crippen LogP contribution in [0.15, 0.2) is 48.5 Å². The molecule has 2 rings (SSSR count). The molecule has 0 aromatic heterocycles. The minimum Gasteiger partial charge on any atom is -0.497 e. The highest BCUT2D eigenvalue weighted by Crippen LogP contribution is 2.24. The van der Waals surface area contributed by atoms with Gasteiger partial charge in [0.05, 0.1) is 33.8 Å². The average molecular weight is 473 g/mol. The van der Waals surface area contributed by atoms with Crippen LogP contribution in [0.5, 0.6) is 11.5 Å². The lowest BCUT2D eigenvalue weighted by atomic mass is 10.0. The van der Waals surface area contributed by atoms with Crippen LogP contribution < -0.4 is 20.1 Å². The standard InChI is InChI=1S/C26H36N2O6/c1-26(2,3)34-25(30)28-22(18-7-11-20(31-4)12-8-18)15-16-27-23(17-24(29)33-6)19-9-13-21(32-5)14-10-19/h7-14,22-23,27H,15-17H2,1-6H3,(H,28,30)/t22-,23-/m0/s1. The summed E-state index contributed by atoms with van der Waals surface area (Å²) in [5.74, 6) is 1.16. The summed E-state index contributed by atoms with van der Waals surface area (Å²) in [6.45, 7) is 5.99. The van der Waals surface area contributed by atoms with Gasteiger partial charge in [-0.05, 0) is 69.1 Å². The molecule has 0 aliphatic rings. The van der Waals surface area contributed by atoms with Crippen LogP contribution in [0.1, 0.15) is 56.8 Å². The van der Waals surface area contributed by atoms with E-state index in [4.69, 9.17) is 18.9 Å². The summed E-state index contributed by atoms with van der Waals surface area (Å²) in [5.41, 5.74) is 1.25. The summed E-state index contributed by atoms with van der Waals surface area (Å²) in [6, 6.07) is 14.5. The molecule has 0 aliphatic heterocycles. The van der Waals surface area contributed by atoms with Crippen molar-refractivity contribution in [1.29, 1.82) is 0 Å². The van der Waals surface area contributed by atoms with E-state index in [0.717, 1.165) is 22.6 Å². The van der Waals surface area contributed by atoms with Crippen LogP contribution in [-0.4, -0.2) is 45.5 Å². The van der Waals surface area contributed by atoms with Crippen molar-refractivity contribution in [1.82, 2.24) is 10.6 Å². The lowest BCUT2D eigenvalue weighted by Crippen LogP contribution is -2.36. The Balaban J connectivity index is 2.13. The number of hydrogen-bond acceptors (Lipinski definition) is 7. The van der Waals surface area contributed by atoms with Crippen molar-refractivity contribution in [2.24, 2.45) is 0 Å². The normalized spacial score (nSPS) is 12.9. The number of carbonyl (C=O) groups is 2. The van der Waals surface area contributed by atoms with Crippen molar-refractivity contribution in [3.63, 3.8) is 0 Å². The lowest BCUT2D eigenvalue weighted by molar-refractivity contribution is -0.141. The first-order chi connectivity index (χ1) is 16.1. The Bertz CT molecular complexity index is 906. The van der Waals surface area contributed by atoms with Crippen molar-refractivity contribution in [2.75, 3.05) is 27.9 Å². The van der Waals surface area contributed by atoms with Crippen LogP contribution >= 0.6 is 0 Å². The fourth-order valence-electron chi connectivity index (χ4n) is 3.40. The van der Waals surface area contributed by atoms with Crippen molar-refractivity contribution >= 4 is 12.1 Å². The molecule has 0 radical (unpaired) electrons. The number of hydrogen-bond donors (Lipinski definition) is 2. The van der Waals surface area contributed by atoms with E-state index in [-0.39, 0.29) is 24.5 Å². The summed E-state index contributed by atoms with van der Waals surface area (Å²) in [6.07, 6.45) is 0.254. The third kappa shape index (κ3) is 8.94. The third-order valence-electron chi connectivity index (χ3n) is 5.15. The molecule has 0 fully saturated rings. The molecule has 0 aliphatic carbocycles. The Morgan fingerprint density at radius 2 is 1.32 bits per heavy atom. The Hall–Kier alpha value is -3.26. The molecule has 0 heterocycles. The maximum Gasteiger partial charge on any atom is 0.408 e. The molecule has 2 atom stereocenters. The fraction of sp³-hybridized carbons (Fsp3) is 0.462. The highest BCUT2D eigenvalue weighted by molar-refractivity contribution is 5.70. The molecule has 8 heteroatoms. The van der Waals surface area contributed by atoms with E-state index in [9.17, 15) is 9.59 Å². The molecule has 2 aromatic carbocycles. The molecule has 186 valence electrons. The number of rotatable bonds is 11. The largest absolute Gasteiger partial charge is 0.497 e. The fourth-order valence-corrected chi connectivity index (χ4v) is 3.40. The van der Waals surface area contributed by atoms with Crippen LogP contribution in [0.4, 0.5) is 4.79 Å². The predicted molar refractivity (Wildman–Crippen MR) is 130 cm³/mol. The van der Waals surface area contributed by atoms with E-state index in [2.05, 4.69) is 10.6 Å². The maximum absolute atomic E-state index is 12.5. The van der Waals surface area contributed by atoms with Crippen molar-refractivity contribution in [3.8, 4) is 11.5 Å². The molecule has 1 amide bonds. The Kier molecular flexibility index (Phi) is 10.2. The first-order valence-electron chi connectivity index (χ1n) is 11.2. The number of esters is 1. The third-order valence-corrected chi connectivity index (χ3v) is 5.15. The van der Waals surface area contributed by atoms with E-state index in [0.29, 0.717) is 13.0 Å². The second-order valence-corrected chi connectivity index (χ2v) is 8.82. The van der Waals surface area contributed by atoms with Gasteiger partial charge in [0.15, 0.2) is 0 Å². The number of carbonyl (C=O) groups excluding carboxylic acids is 2. The molecular weight excluding hydrogens is 436 g/mol. The average Bonchev–Trinajstić information content (AvgIpc) is 2.81. The number of alkyl carbamates (subject to hydrolysis) is 1. The Morgan fingerprint density at radius 3 is 1.76 bits per heavy atom. The van der Waals surface area contributed by atoms with Gasteiger partial charge in [0, 0.05) is 6.04 Å². The van der Waals surface area contributed by atoms with Crippen LogP contribution in [0.25, 0.3) is 0 Å². The number of nitrogens with one attached hydrogen (secondary N) is 2. The van der Waals surface area contributed by atoms with Gasteiger partial charge in [-0.3, -0.25) is 4.79 Å². The molecule has 0 saturated heterocycles. The summed E-state index contributed by atoms with van der Waals surface area (Å²) in [5, 5.41) is 6.38. The van der Waals surface area contributed by atoms with Gasteiger partial charge < -0.3 is 29.6 Å². The number of benzene rings is 2. The molecule has 34 heavy (non-hydrogen) atoms. The van der Waals surface area contributed by atoms with Gasteiger partial charge in [-0.2, -0.15) is 0 Å². The predicted octanol–water partition coefficient (Wildman–Crippen LogP) is 4.55. The Labute approximate surface area is 201 Å². The zero-order chi connectivity index (χ0) is 25.1. The van der Waals surface area contributed by atoms with Gasteiger partial charge in [-0.1, -0.05) is 24.3 Å². The van der Waals surface area contributed by atoms with Gasteiger partial charge >= 0.3 is 12.1 Å². The minimum atomic E-state index is -0.604. The number of methoxy groups -OCH3 is 3. The molecule has 0 saturated carbocycles. The van der Waals surface area contributed by atoms with Crippen molar-refractivity contribution in [2.45, 2.75) is 51.3 Å². The van der Waals surface area contributed by atoms with Crippen molar-refractivity contribution < 1.29 is 28.5 Å². The highest BCUT2D eigenvalue weighted by Gasteiger charge is 2.22. The molecule has 8 nitrogen and oxygen atoms in total. The highest BCUT2D eigenvalue weighted by atomic mass is 16.6. The molecule has 2 aromatic rings. The van der Waals surface area contributed by atoms with Crippen LogP contribution in [0.2, 0.25) is 0 Å². The molecule has 0 unspecified atom stereocenters. The summed E-state index contributed by atoms with van der Waals surface area (Å²) in [4.78, 5) is 24.5. The SMILES string of the molecule is COC(=O)C[C@H](NCC[C@H](NC(=O)OC(C)(C)C)c1ccc(OC)cc1)c1ccc(OC)cc1. The molecular formula is C26H36N2O6. The number of amides is 1. The van der Waals surface area contributed by atoms with Gasteiger partial charge in [0.1, 0.15) is 17.1 Å². The maximum atomic E-state index is 12.5. The van der Waals surface area contributed by atoms with E-state index in [1.54, 1.807) is 14.2 Å². The minimum absolute atomic E-state index is 0.176. The van der Waals surface area contributed by atoms with E-state index in [1.165, 1.54) is 7.11 Å². The number of ether oxygens (including phenoxy) is 4. The summed E-state index contributed by atoms with van der Waals surface area (Å²) < 4.78 is 20.8. The summed E-state index contributed by atoms with van der Waals surface area (Å²) in [7, 11) is 4.59. The quantitative estimate of drug-likeness (QED) is 0.463. The second-order valence-electron chi connectivity index (χ2n) is 8.82. The van der Waals surface area contributed by atoms with Gasteiger partial charge in [0.2, 0.25) is 0 Å². The van der Waals surface area contributed by atoms with E-state index >= 15 is 0 Å². The molecule has 0 spiro atoms. The van der Waals surface area contributed by atoms with E-state index in [1.807, 2.05) is 69.3 Å². The van der Waals surface area contributed by atoms with Crippen LogP contribution in [-0.2, 0) is 14.3 Å². The molecule has 0 bridgehead atoms. The van der Waals surface area contributed by atoms with Crippen LogP contribution in [0.3, 0.4) is 0 Å². The molecule has 2 N–H and O–H groups in total. The van der Waals surface area contributed by atoms with Gasteiger partial charge in [-0.15, -0.1) is 0 Å². The lowest BCUT2D eigenvalue weighted by Gasteiger charge is -2.25. The first-order valence-corrected chi connectivity index (χ1v) is 11.2. The van der Waals surface area contributed by atoms with E-state index < -0.39 is 11.7 Å². The Morgan fingerprint density at radius 1 is 0.824 bits per heavy atom. The van der Waals surface area contributed by atoms with Gasteiger partial charge in [-0.25, -0.2) is 4.79 Å². The van der Waals surface area contributed by atoms with Gasteiger partial charge in [0.25, 0.3) is 0 Å². The second kappa shape index (κ2) is 12.8.